The van der Waals surface area contributed by atoms with Crippen LogP contribution in [0.3, 0.4) is 0 Å². The van der Waals surface area contributed by atoms with Gasteiger partial charge in [0.25, 0.3) is 0 Å². The maximum atomic E-state index is 2.41. The van der Waals surface area contributed by atoms with Crippen LogP contribution >= 0.6 is 67.8 Å². The van der Waals surface area contributed by atoms with Crippen molar-refractivity contribution in [2.75, 3.05) is 0 Å². The molecule has 0 N–H and O–H groups in total. The summed E-state index contributed by atoms with van der Waals surface area (Å²) < 4.78 is 4.13. The number of benzene rings is 1. The van der Waals surface area contributed by atoms with Gasteiger partial charge in [0, 0.05) is 10.7 Å². The molecule has 1 rings (SSSR count). The van der Waals surface area contributed by atoms with Crippen molar-refractivity contribution in [1.29, 1.82) is 0 Å². The highest BCUT2D eigenvalue weighted by Gasteiger charge is 2.06. The van der Waals surface area contributed by atoms with E-state index in [1.54, 1.807) is 0 Å². The molecule has 0 atom stereocenters. The Labute approximate surface area is 108 Å². The molecule has 0 saturated heterocycles. The molecule has 0 fully saturated rings. The molecule has 0 saturated carbocycles. The minimum atomic E-state index is 1.36. The zero-order chi connectivity index (χ0) is 8.59. The SMILES string of the molecule is Cc1cc(I)c(I)c(I)c1C. The largest absolute Gasteiger partial charge is 0.0460 e. The van der Waals surface area contributed by atoms with Gasteiger partial charge >= 0.3 is 0 Å². The van der Waals surface area contributed by atoms with E-state index >= 15 is 0 Å². The first-order valence-corrected chi connectivity index (χ1v) is 6.38. The normalized spacial score (nSPS) is 10.3. The average molecular weight is 484 g/mol. The number of aryl methyl sites for hydroxylation is 1. The lowest BCUT2D eigenvalue weighted by Crippen LogP contribution is -1.92. The Morgan fingerprint density at radius 3 is 2.09 bits per heavy atom. The van der Waals surface area contributed by atoms with Gasteiger partial charge in [-0.25, -0.2) is 0 Å². The molecule has 0 aliphatic heterocycles. The molecule has 0 aromatic heterocycles. The van der Waals surface area contributed by atoms with E-state index in [1.807, 2.05) is 0 Å². The second kappa shape index (κ2) is 4.08. The predicted molar refractivity (Wildman–Crippen MR) is 74.1 cm³/mol. The third kappa shape index (κ3) is 2.20. The summed E-state index contributed by atoms with van der Waals surface area (Å²) >= 11 is 7.18. The second-order valence-corrected chi connectivity index (χ2v) is 5.75. The van der Waals surface area contributed by atoms with Gasteiger partial charge in [0.15, 0.2) is 0 Å². The molecule has 60 valence electrons. The first-order valence-electron chi connectivity index (χ1n) is 3.14. The third-order valence-electron chi connectivity index (χ3n) is 1.67. The van der Waals surface area contributed by atoms with E-state index < -0.39 is 0 Å². The van der Waals surface area contributed by atoms with Gasteiger partial charge in [0.1, 0.15) is 0 Å². The van der Waals surface area contributed by atoms with Crippen LogP contribution in [0.4, 0.5) is 0 Å². The molecule has 3 heteroatoms. The fourth-order valence-corrected chi connectivity index (χ4v) is 3.33. The van der Waals surface area contributed by atoms with Gasteiger partial charge in [-0.3, -0.25) is 0 Å². The summed E-state index contributed by atoms with van der Waals surface area (Å²) in [5, 5.41) is 0. The first-order chi connectivity index (χ1) is 5.04. The Kier molecular flexibility index (Phi) is 3.89. The van der Waals surface area contributed by atoms with Gasteiger partial charge < -0.3 is 0 Å². The van der Waals surface area contributed by atoms with Gasteiger partial charge in [-0.15, -0.1) is 0 Å². The van der Waals surface area contributed by atoms with Gasteiger partial charge in [-0.1, -0.05) is 0 Å². The van der Waals surface area contributed by atoms with Crippen LogP contribution in [0.25, 0.3) is 0 Å². The van der Waals surface area contributed by atoms with Crippen LogP contribution in [-0.2, 0) is 0 Å². The highest BCUT2D eigenvalue weighted by atomic mass is 127. The topological polar surface area (TPSA) is 0 Å². The highest BCUT2D eigenvalue weighted by Crippen LogP contribution is 2.26. The van der Waals surface area contributed by atoms with E-state index in [9.17, 15) is 0 Å². The van der Waals surface area contributed by atoms with Gasteiger partial charge in [-0.05, 0) is 98.8 Å². The molecule has 0 amide bonds. The molecule has 0 aliphatic rings. The zero-order valence-corrected chi connectivity index (χ0v) is 12.7. The van der Waals surface area contributed by atoms with Crippen LogP contribution in [-0.4, -0.2) is 0 Å². The van der Waals surface area contributed by atoms with Crippen LogP contribution in [0, 0.1) is 24.6 Å². The first kappa shape index (κ1) is 10.5. The minimum absolute atomic E-state index is 1.36. The van der Waals surface area contributed by atoms with E-state index in [0.717, 1.165) is 0 Å². The van der Waals surface area contributed by atoms with Crippen molar-refractivity contribution in [2.24, 2.45) is 0 Å². The summed E-state index contributed by atoms with van der Waals surface area (Å²) in [6.07, 6.45) is 0. The van der Waals surface area contributed by atoms with Gasteiger partial charge in [-0.2, -0.15) is 0 Å². The van der Waals surface area contributed by atoms with Crippen LogP contribution in [0.1, 0.15) is 11.1 Å². The van der Waals surface area contributed by atoms with Crippen LogP contribution < -0.4 is 0 Å². The molecule has 11 heavy (non-hydrogen) atoms. The Morgan fingerprint density at radius 1 is 1.00 bits per heavy atom. The van der Waals surface area contributed by atoms with E-state index in [4.69, 9.17) is 0 Å². The molecule has 0 unspecified atom stereocenters. The van der Waals surface area contributed by atoms with E-state index in [1.165, 1.54) is 21.8 Å². The van der Waals surface area contributed by atoms with Gasteiger partial charge in [0.2, 0.25) is 0 Å². The van der Waals surface area contributed by atoms with Crippen molar-refractivity contribution < 1.29 is 0 Å². The molecule has 1 aromatic carbocycles. The lowest BCUT2D eigenvalue weighted by atomic mass is 10.1. The Hall–Kier alpha value is 1.41. The molecule has 0 aliphatic carbocycles. The monoisotopic (exact) mass is 484 g/mol. The summed E-state index contributed by atoms with van der Waals surface area (Å²) in [5.41, 5.74) is 2.80. The quantitative estimate of drug-likeness (QED) is 0.385. The predicted octanol–water partition coefficient (Wildman–Crippen LogP) is 4.12. The van der Waals surface area contributed by atoms with Crippen molar-refractivity contribution in [3.05, 3.63) is 27.9 Å². The number of hydrogen-bond donors (Lipinski definition) is 0. The minimum Gasteiger partial charge on any atom is -0.0460 e. The van der Waals surface area contributed by atoms with E-state index in [2.05, 4.69) is 87.7 Å². The Morgan fingerprint density at radius 2 is 1.55 bits per heavy atom. The lowest BCUT2D eigenvalue weighted by molar-refractivity contribution is 1.28. The van der Waals surface area contributed by atoms with Crippen molar-refractivity contribution >= 4 is 67.8 Å². The second-order valence-electron chi connectivity index (χ2n) is 2.43. The summed E-state index contributed by atoms with van der Waals surface area (Å²) in [5.74, 6) is 0. The van der Waals surface area contributed by atoms with Crippen LogP contribution in [0.5, 0.6) is 0 Å². The van der Waals surface area contributed by atoms with Crippen LogP contribution in [0.15, 0.2) is 6.07 Å². The maximum absolute atomic E-state index is 2.41. The molecule has 0 heterocycles. The van der Waals surface area contributed by atoms with Crippen molar-refractivity contribution in [2.45, 2.75) is 13.8 Å². The third-order valence-corrected chi connectivity index (χ3v) is 7.05. The van der Waals surface area contributed by atoms with E-state index in [0.29, 0.717) is 0 Å². The smallest absolute Gasteiger partial charge is 0.0400 e. The van der Waals surface area contributed by atoms with Crippen molar-refractivity contribution in [3.8, 4) is 0 Å². The molecule has 0 nitrogen and oxygen atoms in total. The lowest BCUT2D eigenvalue weighted by Gasteiger charge is -2.06. The average Bonchev–Trinajstić information content (AvgIpc) is 1.97. The summed E-state index contributed by atoms with van der Waals surface area (Å²) in [6.45, 7) is 4.34. The standard InChI is InChI=1S/C8H7I3/c1-4-3-6(9)8(11)7(10)5(4)2/h3H,1-2H3. The summed E-state index contributed by atoms with van der Waals surface area (Å²) in [6, 6.07) is 2.24. The van der Waals surface area contributed by atoms with Crippen molar-refractivity contribution in [3.63, 3.8) is 0 Å². The molecular weight excluding hydrogens is 477 g/mol. The van der Waals surface area contributed by atoms with Gasteiger partial charge in [0.05, 0.1) is 0 Å². The van der Waals surface area contributed by atoms with E-state index in [-0.39, 0.29) is 0 Å². The van der Waals surface area contributed by atoms with Crippen LogP contribution in [0.2, 0.25) is 0 Å². The number of halogens is 3. The fourth-order valence-electron chi connectivity index (χ4n) is 0.804. The molecule has 0 bridgehead atoms. The van der Waals surface area contributed by atoms with Crippen molar-refractivity contribution in [1.82, 2.24) is 0 Å². The molecule has 0 spiro atoms. The molecule has 1 aromatic rings. The summed E-state index contributed by atoms with van der Waals surface area (Å²) in [4.78, 5) is 0. The number of hydrogen-bond acceptors (Lipinski definition) is 0. The highest BCUT2D eigenvalue weighted by molar-refractivity contribution is 14.1. The molecule has 0 radical (unpaired) electrons. The Bertz CT molecular complexity index is 266. The number of rotatable bonds is 0. The Balaban J connectivity index is 3.46. The summed E-state index contributed by atoms with van der Waals surface area (Å²) in [7, 11) is 0. The fraction of sp³-hybridized carbons (Fsp3) is 0.250. The maximum Gasteiger partial charge on any atom is 0.0400 e. The zero-order valence-electron chi connectivity index (χ0n) is 6.21. The molecular formula is C8H7I3.